The summed E-state index contributed by atoms with van der Waals surface area (Å²) in [4.78, 5) is 26.7. The number of rotatable bonds is 5. The Bertz CT molecular complexity index is 915. The highest BCUT2D eigenvalue weighted by molar-refractivity contribution is 6.25. The highest BCUT2D eigenvalue weighted by atomic mass is 19.1. The van der Waals surface area contributed by atoms with Crippen LogP contribution in [0.5, 0.6) is 5.75 Å². The molecule has 2 aliphatic rings. The van der Waals surface area contributed by atoms with E-state index in [0.717, 1.165) is 4.90 Å². The van der Waals surface area contributed by atoms with Gasteiger partial charge in [-0.2, -0.15) is 5.11 Å². The second-order valence-electron chi connectivity index (χ2n) is 6.26. The van der Waals surface area contributed by atoms with Gasteiger partial charge in [-0.25, -0.2) is 9.29 Å². The SMILES string of the molecule is CCOc1ccc(N2C(=O)C3N=NN(Cc4cccc(F)c4)C3C2=O)cc1. The first-order valence-corrected chi connectivity index (χ1v) is 8.61. The molecule has 0 radical (unpaired) electrons. The van der Waals surface area contributed by atoms with Crippen molar-refractivity contribution in [1.29, 1.82) is 0 Å². The number of carbonyl (C=O) groups is 2. The second kappa shape index (κ2) is 6.79. The van der Waals surface area contributed by atoms with E-state index in [2.05, 4.69) is 10.3 Å². The largest absolute Gasteiger partial charge is 0.494 e. The normalized spacial score (nSPS) is 21.1. The second-order valence-corrected chi connectivity index (χ2v) is 6.26. The van der Waals surface area contributed by atoms with Gasteiger partial charge in [-0.3, -0.25) is 14.6 Å². The Balaban J connectivity index is 1.56. The average molecular weight is 368 g/mol. The molecule has 2 amide bonds. The molecule has 0 N–H and O–H groups in total. The Morgan fingerprint density at radius 1 is 1.11 bits per heavy atom. The third-order valence-electron chi connectivity index (χ3n) is 4.50. The molecule has 7 nitrogen and oxygen atoms in total. The van der Waals surface area contributed by atoms with Gasteiger partial charge in [0.15, 0.2) is 12.1 Å². The molecule has 8 heteroatoms. The lowest BCUT2D eigenvalue weighted by Gasteiger charge is -2.20. The monoisotopic (exact) mass is 368 g/mol. The Hall–Kier alpha value is -3.29. The number of nitrogens with zero attached hydrogens (tertiary/aromatic N) is 4. The summed E-state index contributed by atoms with van der Waals surface area (Å²) in [6, 6.07) is 11.1. The van der Waals surface area contributed by atoms with Gasteiger partial charge < -0.3 is 4.74 Å². The van der Waals surface area contributed by atoms with Gasteiger partial charge in [-0.05, 0) is 48.9 Å². The number of hydrogen-bond donors (Lipinski definition) is 0. The van der Waals surface area contributed by atoms with Gasteiger partial charge in [0.2, 0.25) is 0 Å². The molecule has 0 aromatic heterocycles. The summed E-state index contributed by atoms with van der Waals surface area (Å²) in [7, 11) is 0. The number of hydrogen-bond acceptors (Lipinski definition) is 6. The lowest BCUT2D eigenvalue weighted by Crippen LogP contribution is -2.39. The van der Waals surface area contributed by atoms with Crippen LogP contribution >= 0.6 is 0 Å². The summed E-state index contributed by atoms with van der Waals surface area (Å²) in [5.41, 5.74) is 1.11. The van der Waals surface area contributed by atoms with Crippen LogP contribution in [0.1, 0.15) is 12.5 Å². The first-order chi connectivity index (χ1) is 13.1. The zero-order valence-electron chi connectivity index (χ0n) is 14.6. The summed E-state index contributed by atoms with van der Waals surface area (Å²) < 4.78 is 18.8. The van der Waals surface area contributed by atoms with Crippen molar-refractivity contribution in [2.45, 2.75) is 25.6 Å². The third kappa shape index (κ3) is 3.03. The first kappa shape index (κ1) is 17.1. The van der Waals surface area contributed by atoms with Gasteiger partial charge in [0, 0.05) is 0 Å². The van der Waals surface area contributed by atoms with Crippen LogP contribution in [0.25, 0.3) is 0 Å². The van der Waals surface area contributed by atoms with Gasteiger partial charge in [0.05, 0.1) is 18.8 Å². The fourth-order valence-electron chi connectivity index (χ4n) is 3.29. The Morgan fingerprint density at radius 2 is 1.89 bits per heavy atom. The maximum absolute atomic E-state index is 13.4. The molecule has 0 spiro atoms. The summed E-state index contributed by atoms with van der Waals surface area (Å²) in [6.07, 6.45) is 0. The minimum absolute atomic E-state index is 0.193. The molecule has 4 rings (SSSR count). The van der Waals surface area contributed by atoms with Crippen LogP contribution in [0.4, 0.5) is 10.1 Å². The summed E-state index contributed by atoms with van der Waals surface area (Å²) in [5.74, 6) is -0.520. The van der Waals surface area contributed by atoms with Crippen LogP contribution < -0.4 is 9.64 Å². The predicted molar refractivity (Wildman–Crippen MR) is 94.5 cm³/mol. The highest BCUT2D eigenvalue weighted by Gasteiger charge is 2.54. The van der Waals surface area contributed by atoms with Crippen molar-refractivity contribution in [2.24, 2.45) is 10.3 Å². The molecular formula is C19H17FN4O3. The van der Waals surface area contributed by atoms with Crippen molar-refractivity contribution in [3.63, 3.8) is 0 Å². The molecule has 2 heterocycles. The highest BCUT2D eigenvalue weighted by Crippen LogP contribution is 2.33. The maximum Gasteiger partial charge on any atom is 0.263 e. The smallest absolute Gasteiger partial charge is 0.263 e. The predicted octanol–water partition coefficient (Wildman–Crippen LogP) is 2.72. The zero-order chi connectivity index (χ0) is 19.0. The van der Waals surface area contributed by atoms with E-state index >= 15 is 0 Å². The number of anilines is 1. The van der Waals surface area contributed by atoms with Crippen molar-refractivity contribution in [2.75, 3.05) is 11.5 Å². The summed E-state index contributed by atoms with van der Waals surface area (Å²) in [6.45, 7) is 2.60. The van der Waals surface area contributed by atoms with Crippen LogP contribution in [-0.4, -0.2) is 35.5 Å². The third-order valence-corrected chi connectivity index (χ3v) is 4.50. The molecule has 2 aromatic rings. The molecule has 0 saturated carbocycles. The first-order valence-electron chi connectivity index (χ1n) is 8.61. The molecule has 0 bridgehead atoms. The number of fused-ring (bicyclic) bond motifs is 1. The quantitative estimate of drug-likeness (QED) is 0.761. The van der Waals surface area contributed by atoms with Crippen LogP contribution in [-0.2, 0) is 16.1 Å². The maximum atomic E-state index is 13.4. The van der Waals surface area contributed by atoms with Gasteiger partial charge in [0.25, 0.3) is 11.8 Å². The Kier molecular flexibility index (Phi) is 4.31. The molecule has 1 fully saturated rings. The van der Waals surface area contributed by atoms with E-state index in [4.69, 9.17) is 4.74 Å². The van der Waals surface area contributed by atoms with Gasteiger partial charge >= 0.3 is 0 Å². The van der Waals surface area contributed by atoms with Gasteiger partial charge in [-0.1, -0.05) is 17.4 Å². The molecule has 1 saturated heterocycles. The van der Waals surface area contributed by atoms with E-state index in [1.807, 2.05) is 6.92 Å². The minimum Gasteiger partial charge on any atom is -0.494 e. The Labute approximate surface area is 155 Å². The van der Waals surface area contributed by atoms with Crippen LogP contribution in [0.2, 0.25) is 0 Å². The van der Waals surface area contributed by atoms with Crippen LogP contribution in [0, 0.1) is 5.82 Å². The van der Waals surface area contributed by atoms with Crippen molar-refractivity contribution < 1.29 is 18.7 Å². The number of ether oxygens (including phenoxy) is 1. The number of imide groups is 1. The van der Waals surface area contributed by atoms with Crippen molar-refractivity contribution in [1.82, 2.24) is 5.01 Å². The van der Waals surface area contributed by atoms with E-state index in [1.165, 1.54) is 17.1 Å². The Morgan fingerprint density at radius 3 is 2.59 bits per heavy atom. The average Bonchev–Trinajstić information content (AvgIpc) is 3.17. The van der Waals surface area contributed by atoms with E-state index in [0.29, 0.717) is 23.6 Å². The number of amides is 2. The van der Waals surface area contributed by atoms with E-state index in [-0.39, 0.29) is 12.4 Å². The topological polar surface area (TPSA) is 74.6 Å². The fourth-order valence-corrected chi connectivity index (χ4v) is 3.29. The van der Waals surface area contributed by atoms with Crippen molar-refractivity contribution in [3.05, 3.63) is 59.9 Å². The summed E-state index contributed by atoms with van der Waals surface area (Å²) >= 11 is 0. The molecule has 2 unspecified atom stereocenters. The van der Waals surface area contributed by atoms with E-state index in [9.17, 15) is 14.0 Å². The van der Waals surface area contributed by atoms with Gasteiger partial charge in [-0.15, -0.1) is 0 Å². The summed E-state index contributed by atoms with van der Waals surface area (Å²) in [5, 5.41) is 9.37. The number of halogens is 1. The standard InChI is InChI=1S/C19H17FN4O3/c1-2-27-15-8-6-14(7-9-15)24-18(25)16-17(19(24)26)23(22-21-16)11-12-4-3-5-13(20)10-12/h3-10,16-17H,2,11H2,1H3. The minimum atomic E-state index is -0.877. The molecule has 2 aromatic carbocycles. The molecule has 27 heavy (non-hydrogen) atoms. The number of carbonyl (C=O) groups excluding carboxylic acids is 2. The molecule has 2 aliphatic heterocycles. The van der Waals surface area contributed by atoms with Crippen LogP contribution in [0.15, 0.2) is 58.9 Å². The molecule has 0 aliphatic carbocycles. The zero-order valence-corrected chi connectivity index (χ0v) is 14.6. The lowest BCUT2D eigenvalue weighted by atomic mass is 10.1. The molecular weight excluding hydrogens is 351 g/mol. The van der Waals surface area contributed by atoms with Crippen LogP contribution in [0.3, 0.4) is 0 Å². The number of benzene rings is 2. The van der Waals surface area contributed by atoms with E-state index in [1.54, 1.807) is 36.4 Å². The van der Waals surface area contributed by atoms with E-state index < -0.39 is 23.9 Å². The van der Waals surface area contributed by atoms with Gasteiger partial charge in [0.1, 0.15) is 11.6 Å². The molecule has 2 atom stereocenters. The molecule has 138 valence electrons. The fraction of sp³-hybridized carbons (Fsp3) is 0.263. The van der Waals surface area contributed by atoms with Crippen molar-refractivity contribution in [3.8, 4) is 5.75 Å². The lowest BCUT2D eigenvalue weighted by molar-refractivity contribution is -0.123. The van der Waals surface area contributed by atoms with Crippen molar-refractivity contribution >= 4 is 17.5 Å².